The molecule has 1 heterocycles. The number of pyridine rings is 1. The fraction of sp³-hybridized carbons (Fsp3) is 0.471. The van der Waals surface area contributed by atoms with Gasteiger partial charge in [-0.2, -0.15) is 0 Å². The molecule has 3 rings (SSSR count). The highest BCUT2D eigenvalue weighted by atomic mass is 16.3. The van der Waals surface area contributed by atoms with Gasteiger partial charge in [0.1, 0.15) is 0 Å². The zero-order valence-corrected chi connectivity index (χ0v) is 11.7. The van der Waals surface area contributed by atoms with E-state index in [9.17, 15) is 5.11 Å². The number of nitrogens with zero attached hydrogens (tertiary/aromatic N) is 1. The first-order chi connectivity index (χ1) is 9.03. The van der Waals surface area contributed by atoms with Gasteiger partial charge in [0.05, 0.1) is 11.1 Å². The predicted molar refractivity (Wildman–Crippen MR) is 77.9 cm³/mol. The molecule has 0 radical (unpaired) electrons. The Morgan fingerprint density at radius 1 is 1.11 bits per heavy atom. The lowest BCUT2D eigenvalue weighted by molar-refractivity contribution is -0.103. The number of benzene rings is 1. The third-order valence-corrected chi connectivity index (χ3v) is 4.79. The highest BCUT2D eigenvalue weighted by molar-refractivity contribution is 5.79. The molecule has 2 aromatic rings. The van der Waals surface area contributed by atoms with E-state index in [2.05, 4.69) is 31.0 Å². The van der Waals surface area contributed by atoms with Gasteiger partial charge in [-0.15, -0.1) is 0 Å². The second-order valence-corrected chi connectivity index (χ2v) is 6.36. The SMILES string of the molecule is CC1(C)CCCCC1(O)c1ccc2ncccc2c1. The van der Waals surface area contributed by atoms with Crippen molar-refractivity contribution in [3.63, 3.8) is 0 Å². The molecule has 1 atom stereocenters. The minimum absolute atomic E-state index is 0.0683. The molecule has 1 aliphatic rings. The maximum atomic E-state index is 11.2. The van der Waals surface area contributed by atoms with E-state index in [0.717, 1.165) is 35.7 Å². The maximum Gasteiger partial charge on any atom is 0.0947 e. The molecule has 0 amide bonds. The summed E-state index contributed by atoms with van der Waals surface area (Å²) in [5.41, 5.74) is 1.25. The van der Waals surface area contributed by atoms with Crippen molar-refractivity contribution in [2.75, 3.05) is 0 Å². The molecule has 2 nitrogen and oxygen atoms in total. The summed E-state index contributed by atoms with van der Waals surface area (Å²) < 4.78 is 0. The van der Waals surface area contributed by atoms with Crippen molar-refractivity contribution in [1.82, 2.24) is 4.98 Å². The summed E-state index contributed by atoms with van der Waals surface area (Å²) in [6.45, 7) is 4.36. The Kier molecular flexibility index (Phi) is 2.86. The van der Waals surface area contributed by atoms with Gasteiger partial charge in [-0.3, -0.25) is 4.98 Å². The molecule has 1 saturated carbocycles. The van der Waals surface area contributed by atoms with Gasteiger partial charge in [0.15, 0.2) is 0 Å². The summed E-state index contributed by atoms with van der Waals surface area (Å²) in [7, 11) is 0. The van der Waals surface area contributed by atoms with Gasteiger partial charge in [0.2, 0.25) is 0 Å². The summed E-state index contributed by atoms with van der Waals surface area (Å²) in [5.74, 6) is 0. The molecule has 100 valence electrons. The van der Waals surface area contributed by atoms with Crippen molar-refractivity contribution in [3.05, 3.63) is 42.1 Å². The van der Waals surface area contributed by atoms with Crippen LogP contribution in [-0.4, -0.2) is 10.1 Å². The van der Waals surface area contributed by atoms with Crippen LogP contribution in [0.25, 0.3) is 10.9 Å². The minimum Gasteiger partial charge on any atom is -0.385 e. The first-order valence-electron chi connectivity index (χ1n) is 7.11. The average molecular weight is 255 g/mol. The number of hydrogen-bond donors (Lipinski definition) is 1. The molecule has 0 spiro atoms. The Balaban J connectivity index is 2.12. The van der Waals surface area contributed by atoms with Gasteiger partial charge < -0.3 is 5.11 Å². The van der Waals surface area contributed by atoms with Crippen LogP contribution in [0.2, 0.25) is 0 Å². The van der Waals surface area contributed by atoms with Crippen LogP contribution in [0.15, 0.2) is 36.5 Å². The molecular formula is C17H21NO. The Morgan fingerprint density at radius 2 is 1.89 bits per heavy atom. The van der Waals surface area contributed by atoms with Gasteiger partial charge in [-0.1, -0.05) is 38.8 Å². The summed E-state index contributed by atoms with van der Waals surface area (Å²) >= 11 is 0. The van der Waals surface area contributed by atoms with Crippen LogP contribution in [0.3, 0.4) is 0 Å². The van der Waals surface area contributed by atoms with Crippen molar-refractivity contribution in [2.45, 2.75) is 45.1 Å². The topological polar surface area (TPSA) is 33.1 Å². The van der Waals surface area contributed by atoms with E-state index < -0.39 is 5.60 Å². The minimum atomic E-state index is -0.713. The lowest BCUT2D eigenvalue weighted by Crippen LogP contribution is -2.44. The molecule has 1 aromatic carbocycles. The largest absolute Gasteiger partial charge is 0.385 e. The van der Waals surface area contributed by atoms with Gasteiger partial charge in [0, 0.05) is 11.6 Å². The van der Waals surface area contributed by atoms with E-state index in [1.165, 1.54) is 6.42 Å². The third kappa shape index (κ3) is 1.95. The zero-order chi connectivity index (χ0) is 13.5. The summed E-state index contributed by atoms with van der Waals surface area (Å²) in [4.78, 5) is 4.34. The summed E-state index contributed by atoms with van der Waals surface area (Å²) in [6, 6.07) is 10.2. The standard InChI is InChI=1S/C17H21NO/c1-16(2)9-3-4-10-17(16,19)14-7-8-15-13(12-14)6-5-11-18-15/h5-8,11-12,19H,3-4,9-10H2,1-2H3. The van der Waals surface area contributed by atoms with E-state index in [1.54, 1.807) is 6.20 Å². The molecule has 0 aliphatic heterocycles. The highest BCUT2D eigenvalue weighted by Crippen LogP contribution is 2.50. The second kappa shape index (κ2) is 4.31. The van der Waals surface area contributed by atoms with E-state index in [1.807, 2.05) is 18.2 Å². The molecule has 1 aliphatic carbocycles. The zero-order valence-electron chi connectivity index (χ0n) is 11.7. The molecular weight excluding hydrogens is 234 g/mol. The Labute approximate surface area is 114 Å². The van der Waals surface area contributed by atoms with Crippen molar-refractivity contribution < 1.29 is 5.11 Å². The third-order valence-electron chi connectivity index (χ3n) is 4.79. The second-order valence-electron chi connectivity index (χ2n) is 6.36. The monoisotopic (exact) mass is 255 g/mol. The number of hydrogen-bond acceptors (Lipinski definition) is 2. The maximum absolute atomic E-state index is 11.2. The van der Waals surface area contributed by atoms with Gasteiger partial charge >= 0.3 is 0 Å². The summed E-state index contributed by atoms with van der Waals surface area (Å²) in [6.07, 6.45) is 6.05. The van der Waals surface area contributed by atoms with E-state index in [-0.39, 0.29) is 5.41 Å². The van der Waals surface area contributed by atoms with Crippen LogP contribution in [0.4, 0.5) is 0 Å². The van der Waals surface area contributed by atoms with Crippen LogP contribution in [0, 0.1) is 5.41 Å². The van der Waals surface area contributed by atoms with E-state index in [4.69, 9.17) is 0 Å². The lowest BCUT2D eigenvalue weighted by atomic mass is 9.62. The van der Waals surface area contributed by atoms with Crippen molar-refractivity contribution in [2.24, 2.45) is 5.41 Å². The highest BCUT2D eigenvalue weighted by Gasteiger charge is 2.46. The average Bonchev–Trinajstić information content (AvgIpc) is 2.41. The van der Waals surface area contributed by atoms with E-state index >= 15 is 0 Å². The lowest BCUT2D eigenvalue weighted by Gasteiger charge is -2.47. The normalized spacial score (nSPS) is 26.5. The fourth-order valence-corrected chi connectivity index (χ4v) is 3.36. The van der Waals surface area contributed by atoms with Crippen LogP contribution >= 0.6 is 0 Å². The van der Waals surface area contributed by atoms with Crippen LogP contribution in [0.5, 0.6) is 0 Å². The molecule has 0 saturated heterocycles. The number of fused-ring (bicyclic) bond motifs is 1. The van der Waals surface area contributed by atoms with Gasteiger partial charge in [-0.05, 0) is 42.0 Å². The van der Waals surface area contributed by atoms with Crippen LogP contribution in [-0.2, 0) is 5.60 Å². The first-order valence-corrected chi connectivity index (χ1v) is 7.11. The van der Waals surface area contributed by atoms with Crippen LogP contribution in [0.1, 0.15) is 45.1 Å². The van der Waals surface area contributed by atoms with Gasteiger partial charge in [-0.25, -0.2) is 0 Å². The number of aromatic nitrogens is 1. The molecule has 1 unspecified atom stereocenters. The van der Waals surface area contributed by atoms with Crippen molar-refractivity contribution in [3.8, 4) is 0 Å². The Morgan fingerprint density at radius 3 is 2.68 bits per heavy atom. The van der Waals surface area contributed by atoms with Crippen LogP contribution < -0.4 is 0 Å². The van der Waals surface area contributed by atoms with Gasteiger partial charge in [0.25, 0.3) is 0 Å². The molecule has 1 N–H and O–H groups in total. The number of aliphatic hydroxyl groups is 1. The molecule has 1 fully saturated rings. The smallest absolute Gasteiger partial charge is 0.0947 e. The van der Waals surface area contributed by atoms with E-state index in [0.29, 0.717) is 0 Å². The van der Waals surface area contributed by atoms with Crippen molar-refractivity contribution in [1.29, 1.82) is 0 Å². The Hall–Kier alpha value is -1.41. The quantitative estimate of drug-likeness (QED) is 0.834. The number of rotatable bonds is 1. The first kappa shape index (κ1) is 12.6. The fourth-order valence-electron chi connectivity index (χ4n) is 3.36. The summed E-state index contributed by atoms with van der Waals surface area (Å²) in [5, 5.41) is 12.3. The van der Waals surface area contributed by atoms with Crippen molar-refractivity contribution >= 4 is 10.9 Å². The molecule has 0 bridgehead atoms. The molecule has 1 aromatic heterocycles. The molecule has 19 heavy (non-hydrogen) atoms. The Bertz CT molecular complexity index is 605. The predicted octanol–water partition coefficient (Wildman–Crippen LogP) is 4.02. The molecule has 2 heteroatoms.